The van der Waals surface area contributed by atoms with E-state index < -0.39 is 16.4 Å². The maximum atomic E-state index is 11.4. The van der Waals surface area contributed by atoms with E-state index in [1.807, 2.05) is 0 Å². The monoisotopic (exact) mass is 265 g/mol. The summed E-state index contributed by atoms with van der Waals surface area (Å²) in [4.78, 5) is 25.5. The first kappa shape index (κ1) is 13.3. The molecule has 0 saturated heterocycles. The van der Waals surface area contributed by atoms with Crippen molar-refractivity contribution in [3.05, 3.63) is 27.9 Å². The van der Waals surface area contributed by atoms with Crippen molar-refractivity contribution in [1.82, 2.24) is 4.98 Å². The Kier molecular flexibility index (Phi) is 3.13. The molecule has 0 spiro atoms. The number of rotatable bonds is 5. The lowest BCUT2D eigenvalue weighted by molar-refractivity contribution is -0.385. The van der Waals surface area contributed by atoms with Crippen LogP contribution in [0.3, 0.4) is 0 Å². The Hall–Kier alpha value is -2.18. The van der Waals surface area contributed by atoms with Crippen molar-refractivity contribution in [2.45, 2.75) is 32.2 Å². The maximum Gasteiger partial charge on any atom is 0.329 e. The lowest BCUT2D eigenvalue weighted by Crippen LogP contribution is -2.45. The zero-order chi connectivity index (χ0) is 14.2. The summed E-state index contributed by atoms with van der Waals surface area (Å²) in [6.07, 6.45) is 2.87. The maximum absolute atomic E-state index is 11.4. The van der Waals surface area contributed by atoms with Gasteiger partial charge in [0.2, 0.25) is 0 Å². The third kappa shape index (κ3) is 2.49. The molecule has 0 aromatic carbocycles. The van der Waals surface area contributed by atoms with E-state index >= 15 is 0 Å². The topological polar surface area (TPSA) is 105 Å². The van der Waals surface area contributed by atoms with Crippen LogP contribution in [0.1, 0.15) is 25.3 Å². The van der Waals surface area contributed by atoms with Crippen molar-refractivity contribution in [3.63, 3.8) is 0 Å². The number of pyridine rings is 1. The van der Waals surface area contributed by atoms with Crippen LogP contribution >= 0.6 is 0 Å². The Morgan fingerprint density at radius 2 is 2.26 bits per heavy atom. The molecule has 1 aromatic heterocycles. The number of aromatic nitrogens is 1. The zero-order valence-corrected chi connectivity index (χ0v) is 10.7. The fourth-order valence-corrected chi connectivity index (χ4v) is 2.07. The summed E-state index contributed by atoms with van der Waals surface area (Å²) in [5, 5.41) is 22.9. The summed E-state index contributed by atoms with van der Waals surface area (Å²) in [6.45, 7) is 3.21. The quantitative estimate of drug-likeness (QED) is 0.622. The van der Waals surface area contributed by atoms with Gasteiger partial charge in [0.1, 0.15) is 17.6 Å². The fraction of sp³-hybridized carbons (Fsp3) is 0.500. The van der Waals surface area contributed by atoms with Gasteiger partial charge in [-0.15, -0.1) is 0 Å². The van der Waals surface area contributed by atoms with E-state index in [-0.39, 0.29) is 11.6 Å². The predicted octanol–water partition coefficient (Wildman–Crippen LogP) is 1.96. The van der Waals surface area contributed by atoms with Crippen LogP contribution < -0.4 is 5.32 Å². The minimum Gasteiger partial charge on any atom is -0.480 e. The molecule has 0 aliphatic heterocycles. The van der Waals surface area contributed by atoms with Crippen LogP contribution in [-0.2, 0) is 4.79 Å². The van der Waals surface area contributed by atoms with Gasteiger partial charge in [0, 0.05) is 5.56 Å². The number of nitro groups is 1. The highest BCUT2D eigenvalue weighted by atomic mass is 16.6. The Balaban J connectivity index is 2.25. The first-order valence-electron chi connectivity index (χ1n) is 5.97. The summed E-state index contributed by atoms with van der Waals surface area (Å²) in [7, 11) is 0. The molecule has 0 amide bonds. The molecule has 7 nitrogen and oxygen atoms in total. The first-order chi connectivity index (χ1) is 8.84. The van der Waals surface area contributed by atoms with Gasteiger partial charge in [-0.05, 0) is 38.7 Å². The van der Waals surface area contributed by atoms with Gasteiger partial charge in [-0.25, -0.2) is 9.78 Å². The average Bonchev–Trinajstić information content (AvgIpc) is 3.11. The van der Waals surface area contributed by atoms with Gasteiger partial charge in [0.05, 0.1) is 4.92 Å². The minimum absolute atomic E-state index is 0.0716. The van der Waals surface area contributed by atoms with Crippen LogP contribution in [0, 0.1) is 23.0 Å². The van der Waals surface area contributed by atoms with E-state index in [2.05, 4.69) is 10.3 Å². The van der Waals surface area contributed by atoms with Crippen molar-refractivity contribution < 1.29 is 14.8 Å². The summed E-state index contributed by atoms with van der Waals surface area (Å²) < 4.78 is 0. The molecule has 1 aliphatic carbocycles. The number of nitrogens with zero attached hydrogens (tertiary/aromatic N) is 2. The second-order valence-corrected chi connectivity index (χ2v) is 5.02. The molecule has 0 bridgehead atoms. The highest BCUT2D eigenvalue weighted by molar-refractivity contribution is 5.83. The summed E-state index contributed by atoms with van der Waals surface area (Å²) in [5.74, 6) is -0.519. The Labute approximate surface area is 109 Å². The Bertz CT molecular complexity index is 542. The largest absolute Gasteiger partial charge is 0.480 e. The van der Waals surface area contributed by atoms with Gasteiger partial charge in [-0.2, -0.15) is 0 Å². The van der Waals surface area contributed by atoms with Crippen LogP contribution in [0.25, 0.3) is 0 Å². The molecule has 1 heterocycles. The minimum atomic E-state index is -1.07. The third-order valence-electron chi connectivity index (χ3n) is 3.51. The SMILES string of the molecule is Cc1cc(NC(C)(C(=O)O)C2CC2)ncc1[N+](=O)[O-]. The number of hydrogen-bond donors (Lipinski definition) is 2. The van der Waals surface area contributed by atoms with Crippen LogP contribution in [0.15, 0.2) is 12.3 Å². The third-order valence-corrected chi connectivity index (χ3v) is 3.51. The zero-order valence-electron chi connectivity index (χ0n) is 10.7. The van der Waals surface area contributed by atoms with Crippen molar-refractivity contribution in [3.8, 4) is 0 Å². The molecule has 2 N–H and O–H groups in total. The van der Waals surface area contributed by atoms with E-state index in [4.69, 9.17) is 0 Å². The van der Waals surface area contributed by atoms with Crippen molar-refractivity contribution in [2.75, 3.05) is 5.32 Å². The number of carbonyl (C=O) groups is 1. The second-order valence-electron chi connectivity index (χ2n) is 5.02. The molecule has 19 heavy (non-hydrogen) atoms. The molecule has 1 aromatic rings. The highest BCUT2D eigenvalue weighted by Crippen LogP contribution is 2.41. The number of aliphatic carboxylic acids is 1. The van der Waals surface area contributed by atoms with E-state index in [0.717, 1.165) is 19.0 Å². The molecule has 1 fully saturated rings. The number of hydrogen-bond acceptors (Lipinski definition) is 5. The van der Waals surface area contributed by atoms with Crippen LogP contribution in [0.2, 0.25) is 0 Å². The molecule has 2 rings (SSSR count). The van der Waals surface area contributed by atoms with Crippen LogP contribution in [0.4, 0.5) is 11.5 Å². The van der Waals surface area contributed by atoms with Gasteiger partial charge in [-0.1, -0.05) is 0 Å². The van der Waals surface area contributed by atoms with Crippen molar-refractivity contribution in [2.24, 2.45) is 5.92 Å². The molecule has 1 atom stereocenters. The summed E-state index contributed by atoms with van der Waals surface area (Å²) in [5.41, 5.74) is -0.699. The average molecular weight is 265 g/mol. The Morgan fingerprint density at radius 1 is 1.63 bits per heavy atom. The highest BCUT2D eigenvalue weighted by Gasteiger charge is 2.47. The molecular weight excluding hydrogens is 250 g/mol. The number of aryl methyl sites for hydroxylation is 1. The molecule has 1 aliphatic rings. The van der Waals surface area contributed by atoms with Gasteiger partial charge in [0.25, 0.3) is 5.69 Å². The molecule has 7 heteroatoms. The van der Waals surface area contributed by atoms with E-state index in [0.29, 0.717) is 11.4 Å². The molecular formula is C12H15N3O4. The smallest absolute Gasteiger partial charge is 0.329 e. The van der Waals surface area contributed by atoms with Gasteiger partial charge >= 0.3 is 5.97 Å². The normalized spacial score (nSPS) is 17.6. The lowest BCUT2D eigenvalue weighted by Gasteiger charge is -2.26. The molecule has 1 unspecified atom stereocenters. The van der Waals surface area contributed by atoms with Gasteiger partial charge < -0.3 is 10.4 Å². The predicted molar refractivity (Wildman–Crippen MR) is 68.0 cm³/mol. The van der Waals surface area contributed by atoms with Gasteiger partial charge in [0.15, 0.2) is 0 Å². The van der Waals surface area contributed by atoms with E-state index in [1.54, 1.807) is 13.8 Å². The standard InChI is InChI=1S/C12H15N3O4/c1-7-5-10(13-6-9(7)15(18)19)14-12(2,11(16)17)8-3-4-8/h5-6,8H,3-4H2,1-2H3,(H,13,14)(H,16,17). The van der Waals surface area contributed by atoms with E-state index in [1.165, 1.54) is 6.07 Å². The van der Waals surface area contributed by atoms with Crippen LogP contribution in [0.5, 0.6) is 0 Å². The lowest BCUT2D eigenvalue weighted by atomic mass is 9.96. The van der Waals surface area contributed by atoms with Crippen LogP contribution in [-0.4, -0.2) is 26.5 Å². The summed E-state index contributed by atoms with van der Waals surface area (Å²) in [6, 6.07) is 1.50. The second kappa shape index (κ2) is 4.49. The molecule has 102 valence electrons. The van der Waals surface area contributed by atoms with E-state index in [9.17, 15) is 20.0 Å². The first-order valence-corrected chi connectivity index (χ1v) is 5.97. The summed E-state index contributed by atoms with van der Waals surface area (Å²) >= 11 is 0. The fourth-order valence-electron chi connectivity index (χ4n) is 2.07. The van der Waals surface area contributed by atoms with Crippen molar-refractivity contribution >= 4 is 17.5 Å². The Morgan fingerprint density at radius 3 is 2.68 bits per heavy atom. The van der Waals surface area contributed by atoms with Crippen molar-refractivity contribution in [1.29, 1.82) is 0 Å². The molecule has 0 radical (unpaired) electrons. The van der Waals surface area contributed by atoms with Gasteiger partial charge in [-0.3, -0.25) is 10.1 Å². The molecule has 1 saturated carbocycles. The number of anilines is 1. The number of carboxylic acids is 1. The number of carboxylic acid groups (broad SMARTS) is 1. The number of nitrogens with one attached hydrogen (secondary N) is 1.